The summed E-state index contributed by atoms with van der Waals surface area (Å²) in [6.07, 6.45) is 3.11. The summed E-state index contributed by atoms with van der Waals surface area (Å²) in [5.74, 6) is 0.623. The molecule has 2 rings (SSSR count). The molecule has 2 aliphatic rings. The molecular formula is C10H20ClNO. The Hall–Kier alpha value is 0.210. The molecule has 0 heterocycles. The second-order valence-corrected chi connectivity index (χ2v) is 5.42. The fourth-order valence-electron chi connectivity index (χ4n) is 3.33. The van der Waals surface area contributed by atoms with Crippen molar-refractivity contribution in [1.29, 1.82) is 0 Å². The average Bonchev–Trinajstić information content (AvgIpc) is 2.18. The normalized spacial score (nSPS) is 51.9. The van der Waals surface area contributed by atoms with Gasteiger partial charge in [0.2, 0.25) is 0 Å². The van der Waals surface area contributed by atoms with E-state index in [2.05, 4.69) is 20.8 Å². The van der Waals surface area contributed by atoms with Gasteiger partial charge in [0.25, 0.3) is 0 Å². The lowest BCUT2D eigenvalue weighted by Crippen LogP contribution is -2.54. The summed E-state index contributed by atoms with van der Waals surface area (Å²) in [6.45, 7) is 6.63. The van der Waals surface area contributed by atoms with E-state index in [0.29, 0.717) is 5.92 Å². The smallest absolute Gasteiger partial charge is 0.119 e. The molecule has 0 radical (unpaired) electrons. The van der Waals surface area contributed by atoms with E-state index < -0.39 is 5.72 Å². The van der Waals surface area contributed by atoms with Gasteiger partial charge in [0.1, 0.15) is 5.72 Å². The lowest BCUT2D eigenvalue weighted by Gasteiger charge is -2.42. The Bertz CT molecular complexity index is 227. The van der Waals surface area contributed by atoms with Crippen molar-refractivity contribution in [2.75, 3.05) is 0 Å². The van der Waals surface area contributed by atoms with E-state index in [1.54, 1.807) is 0 Å². The van der Waals surface area contributed by atoms with Crippen LogP contribution in [-0.4, -0.2) is 10.8 Å². The van der Waals surface area contributed by atoms with Gasteiger partial charge in [0, 0.05) is 5.41 Å². The fourth-order valence-corrected chi connectivity index (χ4v) is 3.33. The predicted molar refractivity (Wildman–Crippen MR) is 55.6 cm³/mol. The molecule has 0 amide bonds. The predicted octanol–water partition coefficient (Wildman–Crippen LogP) is 1.90. The van der Waals surface area contributed by atoms with E-state index in [1.807, 2.05) is 0 Å². The number of hydrogen-bond acceptors (Lipinski definition) is 2. The maximum atomic E-state index is 10.1. The molecule has 2 nitrogen and oxygen atoms in total. The minimum atomic E-state index is -0.917. The molecular weight excluding hydrogens is 186 g/mol. The third kappa shape index (κ3) is 1.03. The quantitative estimate of drug-likeness (QED) is 0.594. The molecule has 2 aliphatic carbocycles. The summed E-state index contributed by atoms with van der Waals surface area (Å²) >= 11 is 0. The Morgan fingerprint density at radius 1 is 1.31 bits per heavy atom. The van der Waals surface area contributed by atoms with Gasteiger partial charge in [-0.25, -0.2) is 0 Å². The molecule has 2 saturated carbocycles. The number of hydrogen-bond donors (Lipinski definition) is 2. The molecule has 0 aromatic carbocycles. The van der Waals surface area contributed by atoms with Crippen LogP contribution >= 0.6 is 12.4 Å². The van der Waals surface area contributed by atoms with E-state index in [1.165, 1.54) is 6.42 Å². The standard InChI is InChI=1S/C10H19NO.ClH/c1-8(2)7-4-5-9(8,3)10(11,12)6-7;/h7,12H,4-6,11H2,1-3H3;1H/t7-,9-,10+;/m1./s1. The number of aliphatic hydroxyl groups is 1. The van der Waals surface area contributed by atoms with E-state index >= 15 is 0 Å². The van der Waals surface area contributed by atoms with Crippen LogP contribution in [0.25, 0.3) is 0 Å². The molecule has 0 spiro atoms. The molecule has 0 aromatic rings. The third-order valence-electron chi connectivity index (χ3n) is 4.95. The molecule has 13 heavy (non-hydrogen) atoms. The van der Waals surface area contributed by atoms with Crippen molar-refractivity contribution >= 4 is 12.4 Å². The lowest BCUT2D eigenvalue weighted by atomic mass is 9.68. The molecule has 0 saturated heterocycles. The van der Waals surface area contributed by atoms with Crippen molar-refractivity contribution in [3.8, 4) is 0 Å². The largest absolute Gasteiger partial charge is 0.375 e. The van der Waals surface area contributed by atoms with E-state index in [4.69, 9.17) is 5.73 Å². The first-order valence-electron chi connectivity index (χ1n) is 4.82. The first-order valence-corrected chi connectivity index (χ1v) is 4.82. The van der Waals surface area contributed by atoms with E-state index in [-0.39, 0.29) is 23.2 Å². The number of rotatable bonds is 0. The van der Waals surface area contributed by atoms with Crippen LogP contribution in [0, 0.1) is 16.7 Å². The molecule has 3 heteroatoms. The second kappa shape index (κ2) is 2.62. The highest BCUT2D eigenvalue weighted by atomic mass is 35.5. The highest BCUT2D eigenvalue weighted by molar-refractivity contribution is 5.85. The molecule has 0 unspecified atom stereocenters. The molecule has 3 N–H and O–H groups in total. The Balaban J connectivity index is 0.000000845. The van der Waals surface area contributed by atoms with Crippen LogP contribution in [0.4, 0.5) is 0 Å². The van der Waals surface area contributed by atoms with Crippen molar-refractivity contribution in [3.05, 3.63) is 0 Å². The molecule has 3 atom stereocenters. The molecule has 2 bridgehead atoms. The first-order chi connectivity index (χ1) is 5.31. The van der Waals surface area contributed by atoms with Gasteiger partial charge in [-0.05, 0) is 30.6 Å². The average molecular weight is 206 g/mol. The Labute approximate surface area is 86.3 Å². The van der Waals surface area contributed by atoms with Crippen molar-refractivity contribution in [1.82, 2.24) is 0 Å². The van der Waals surface area contributed by atoms with Gasteiger partial charge < -0.3 is 10.8 Å². The Kier molecular flexibility index (Phi) is 2.27. The topological polar surface area (TPSA) is 46.2 Å². The fraction of sp³-hybridized carbons (Fsp3) is 1.00. The van der Waals surface area contributed by atoms with Crippen LogP contribution in [0.5, 0.6) is 0 Å². The highest BCUT2D eigenvalue weighted by Crippen LogP contribution is 2.67. The van der Waals surface area contributed by atoms with Crippen LogP contribution in [0.1, 0.15) is 40.0 Å². The van der Waals surface area contributed by atoms with Crippen LogP contribution < -0.4 is 5.73 Å². The zero-order valence-electron chi connectivity index (χ0n) is 8.63. The van der Waals surface area contributed by atoms with Gasteiger partial charge in [0.15, 0.2) is 0 Å². The van der Waals surface area contributed by atoms with Gasteiger partial charge in [0.05, 0.1) is 0 Å². The number of fused-ring (bicyclic) bond motifs is 2. The summed E-state index contributed by atoms with van der Waals surface area (Å²) in [6, 6.07) is 0. The summed E-state index contributed by atoms with van der Waals surface area (Å²) in [5.41, 5.74) is 5.17. The van der Waals surface area contributed by atoms with Crippen LogP contribution in [0.3, 0.4) is 0 Å². The zero-order valence-corrected chi connectivity index (χ0v) is 9.45. The summed E-state index contributed by atoms with van der Waals surface area (Å²) < 4.78 is 0. The van der Waals surface area contributed by atoms with Crippen molar-refractivity contribution in [2.24, 2.45) is 22.5 Å². The monoisotopic (exact) mass is 205 g/mol. The van der Waals surface area contributed by atoms with Gasteiger partial charge >= 0.3 is 0 Å². The second-order valence-electron chi connectivity index (χ2n) is 5.42. The molecule has 2 fully saturated rings. The Morgan fingerprint density at radius 2 is 1.85 bits per heavy atom. The van der Waals surface area contributed by atoms with Gasteiger partial charge in [-0.3, -0.25) is 0 Å². The minimum Gasteiger partial charge on any atom is -0.375 e. The molecule has 0 aliphatic heterocycles. The van der Waals surface area contributed by atoms with Crippen LogP contribution in [-0.2, 0) is 0 Å². The zero-order chi connectivity index (χ0) is 9.20. The lowest BCUT2D eigenvalue weighted by molar-refractivity contribution is -0.0844. The number of nitrogens with two attached hydrogens (primary N) is 1. The molecule has 78 valence electrons. The highest BCUT2D eigenvalue weighted by Gasteiger charge is 2.67. The SMILES string of the molecule is CC1(C)[C@@H]2CC[C@@]1(C)[C@@](N)(O)C2.Cl. The first kappa shape index (κ1) is 11.3. The van der Waals surface area contributed by atoms with Crippen molar-refractivity contribution in [3.63, 3.8) is 0 Å². The van der Waals surface area contributed by atoms with E-state index in [9.17, 15) is 5.11 Å². The van der Waals surface area contributed by atoms with Gasteiger partial charge in [-0.1, -0.05) is 20.8 Å². The summed E-state index contributed by atoms with van der Waals surface area (Å²) in [5, 5.41) is 10.1. The molecule has 0 aromatic heterocycles. The van der Waals surface area contributed by atoms with Crippen LogP contribution in [0.15, 0.2) is 0 Å². The van der Waals surface area contributed by atoms with Crippen LogP contribution in [0.2, 0.25) is 0 Å². The summed E-state index contributed by atoms with van der Waals surface area (Å²) in [4.78, 5) is 0. The maximum absolute atomic E-state index is 10.1. The van der Waals surface area contributed by atoms with Gasteiger partial charge in [-0.2, -0.15) is 0 Å². The minimum absolute atomic E-state index is 0. The van der Waals surface area contributed by atoms with Crippen molar-refractivity contribution in [2.45, 2.75) is 45.8 Å². The van der Waals surface area contributed by atoms with E-state index in [0.717, 1.165) is 12.8 Å². The van der Waals surface area contributed by atoms with Gasteiger partial charge in [-0.15, -0.1) is 12.4 Å². The number of halogens is 1. The third-order valence-corrected chi connectivity index (χ3v) is 4.95. The summed E-state index contributed by atoms with van der Waals surface area (Å²) in [7, 11) is 0. The maximum Gasteiger partial charge on any atom is 0.119 e. The van der Waals surface area contributed by atoms with Crippen molar-refractivity contribution < 1.29 is 5.11 Å². The Morgan fingerprint density at radius 3 is 2.00 bits per heavy atom.